The van der Waals surface area contributed by atoms with Gasteiger partial charge in [-0.1, -0.05) is 30.0 Å². The molecule has 1 aromatic carbocycles. The number of ether oxygens (including phenoxy) is 1. The van der Waals surface area contributed by atoms with E-state index in [1.54, 1.807) is 0 Å². The molecule has 32 heavy (non-hydrogen) atoms. The van der Waals surface area contributed by atoms with Crippen molar-refractivity contribution in [1.29, 1.82) is 5.26 Å². The highest BCUT2D eigenvalue weighted by Crippen LogP contribution is 2.37. The standard InChI is InChI=1S/C23H25N5O2S2/c1-3-28-21(15(2)30-16-9-5-4-6-10-16)26-27-23(28)31-14-20(29)25-22-18(13-24)17-11-7-8-12-19(17)32-22/h4-6,9-10,15H,3,7-8,11-12,14H2,1-2H3,(H,25,29)/t15-/m1/s1. The van der Waals surface area contributed by atoms with Gasteiger partial charge in [-0.05, 0) is 57.2 Å². The summed E-state index contributed by atoms with van der Waals surface area (Å²) in [6.07, 6.45) is 3.88. The van der Waals surface area contributed by atoms with Crippen LogP contribution in [0.3, 0.4) is 0 Å². The Morgan fingerprint density at radius 3 is 2.84 bits per heavy atom. The fraction of sp³-hybridized carbons (Fsp3) is 0.391. The number of thioether (sulfide) groups is 1. The van der Waals surface area contributed by atoms with Crippen molar-refractivity contribution < 1.29 is 9.53 Å². The molecule has 1 aliphatic carbocycles. The lowest BCUT2D eigenvalue weighted by Crippen LogP contribution is -2.15. The summed E-state index contributed by atoms with van der Waals surface area (Å²) in [4.78, 5) is 13.9. The van der Waals surface area contributed by atoms with Crippen LogP contribution in [-0.4, -0.2) is 26.4 Å². The Hall–Kier alpha value is -2.83. The van der Waals surface area contributed by atoms with Gasteiger partial charge in [-0.15, -0.1) is 21.5 Å². The number of aryl methyl sites for hydroxylation is 1. The molecule has 0 bridgehead atoms. The molecule has 0 spiro atoms. The zero-order valence-corrected chi connectivity index (χ0v) is 19.8. The molecular formula is C23H25N5O2S2. The van der Waals surface area contributed by atoms with E-state index < -0.39 is 0 Å². The van der Waals surface area contributed by atoms with Gasteiger partial charge in [0.1, 0.15) is 16.8 Å². The van der Waals surface area contributed by atoms with Crippen molar-refractivity contribution in [2.24, 2.45) is 0 Å². The van der Waals surface area contributed by atoms with E-state index >= 15 is 0 Å². The number of nitrogens with zero attached hydrogens (tertiary/aromatic N) is 4. The van der Waals surface area contributed by atoms with Gasteiger partial charge in [0.25, 0.3) is 0 Å². The maximum Gasteiger partial charge on any atom is 0.235 e. The molecule has 1 aliphatic rings. The van der Waals surface area contributed by atoms with Gasteiger partial charge in [0, 0.05) is 11.4 Å². The van der Waals surface area contributed by atoms with E-state index in [0.29, 0.717) is 22.3 Å². The smallest absolute Gasteiger partial charge is 0.235 e. The molecule has 4 rings (SSSR count). The van der Waals surface area contributed by atoms with Crippen LogP contribution in [0, 0.1) is 11.3 Å². The number of carbonyl (C=O) groups excluding carboxylic acids is 1. The number of para-hydroxylation sites is 1. The summed E-state index contributed by atoms with van der Waals surface area (Å²) in [7, 11) is 0. The van der Waals surface area contributed by atoms with Crippen LogP contribution in [0.1, 0.15) is 54.6 Å². The Balaban J connectivity index is 1.40. The first-order chi connectivity index (χ1) is 15.6. The molecule has 1 atom stereocenters. The van der Waals surface area contributed by atoms with Gasteiger partial charge >= 0.3 is 0 Å². The second kappa shape index (κ2) is 10.2. The van der Waals surface area contributed by atoms with Crippen LogP contribution in [0.5, 0.6) is 5.75 Å². The summed E-state index contributed by atoms with van der Waals surface area (Å²) in [5, 5.41) is 22.5. The van der Waals surface area contributed by atoms with Crippen LogP contribution in [0.2, 0.25) is 0 Å². The molecule has 3 aromatic rings. The number of hydrogen-bond acceptors (Lipinski definition) is 7. The van der Waals surface area contributed by atoms with Crippen molar-refractivity contribution in [3.05, 3.63) is 52.2 Å². The summed E-state index contributed by atoms with van der Waals surface area (Å²) < 4.78 is 7.95. The third-order valence-electron chi connectivity index (χ3n) is 5.35. The minimum atomic E-state index is -0.274. The van der Waals surface area contributed by atoms with E-state index in [4.69, 9.17) is 4.74 Å². The number of benzene rings is 1. The predicted octanol–water partition coefficient (Wildman–Crippen LogP) is 4.98. The van der Waals surface area contributed by atoms with Crippen LogP contribution < -0.4 is 10.1 Å². The lowest BCUT2D eigenvalue weighted by Gasteiger charge is -2.15. The first kappa shape index (κ1) is 22.4. The minimum absolute atomic E-state index is 0.147. The van der Waals surface area contributed by atoms with Gasteiger partial charge in [-0.2, -0.15) is 5.26 Å². The van der Waals surface area contributed by atoms with Gasteiger partial charge < -0.3 is 14.6 Å². The first-order valence-electron chi connectivity index (χ1n) is 10.7. The number of amides is 1. The maximum absolute atomic E-state index is 12.6. The number of nitrogens with one attached hydrogen (secondary N) is 1. The molecule has 166 valence electrons. The quantitative estimate of drug-likeness (QED) is 0.470. The predicted molar refractivity (Wildman–Crippen MR) is 126 cm³/mol. The van der Waals surface area contributed by atoms with E-state index in [9.17, 15) is 10.1 Å². The van der Waals surface area contributed by atoms with Crippen LogP contribution in [0.15, 0.2) is 35.5 Å². The van der Waals surface area contributed by atoms with Crippen molar-refractivity contribution >= 4 is 34.0 Å². The lowest BCUT2D eigenvalue weighted by molar-refractivity contribution is -0.113. The zero-order valence-electron chi connectivity index (χ0n) is 18.1. The Labute approximate surface area is 195 Å². The molecule has 0 aliphatic heterocycles. The molecule has 7 nitrogen and oxygen atoms in total. The SMILES string of the molecule is CCn1c(SCC(=O)Nc2sc3c(c2C#N)CCCC3)nnc1[C@@H](C)Oc1ccccc1. The van der Waals surface area contributed by atoms with Crippen LogP contribution >= 0.6 is 23.1 Å². The molecule has 0 saturated heterocycles. The topological polar surface area (TPSA) is 92.8 Å². The first-order valence-corrected chi connectivity index (χ1v) is 12.5. The largest absolute Gasteiger partial charge is 0.483 e. The summed E-state index contributed by atoms with van der Waals surface area (Å²) in [6, 6.07) is 11.9. The van der Waals surface area contributed by atoms with Crippen molar-refractivity contribution in [2.45, 2.75) is 57.3 Å². The molecule has 0 unspecified atom stereocenters. The van der Waals surface area contributed by atoms with Gasteiger partial charge in [0.2, 0.25) is 5.91 Å². The zero-order chi connectivity index (χ0) is 22.5. The van der Waals surface area contributed by atoms with E-state index in [0.717, 1.165) is 42.8 Å². The number of thiophene rings is 1. The van der Waals surface area contributed by atoms with Crippen molar-refractivity contribution in [2.75, 3.05) is 11.1 Å². The van der Waals surface area contributed by atoms with E-state index in [-0.39, 0.29) is 17.8 Å². The van der Waals surface area contributed by atoms with E-state index in [1.807, 2.05) is 48.7 Å². The van der Waals surface area contributed by atoms with Crippen molar-refractivity contribution in [3.63, 3.8) is 0 Å². The Morgan fingerprint density at radius 2 is 2.09 bits per heavy atom. The van der Waals surface area contributed by atoms with Gasteiger partial charge in [0.05, 0.1) is 11.3 Å². The number of hydrogen-bond donors (Lipinski definition) is 1. The average Bonchev–Trinajstić information content (AvgIpc) is 3.38. The number of nitriles is 1. The molecule has 0 radical (unpaired) electrons. The lowest BCUT2D eigenvalue weighted by atomic mass is 9.96. The highest BCUT2D eigenvalue weighted by atomic mass is 32.2. The van der Waals surface area contributed by atoms with Crippen molar-refractivity contribution in [3.8, 4) is 11.8 Å². The molecule has 1 N–H and O–H groups in total. The Kier molecular flexibility index (Phi) is 7.12. The monoisotopic (exact) mass is 467 g/mol. The highest BCUT2D eigenvalue weighted by Gasteiger charge is 2.23. The summed E-state index contributed by atoms with van der Waals surface area (Å²) in [5.74, 6) is 1.54. The molecule has 9 heteroatoms. The molecule has 2 aromatic heterocycles. The number of rotatable bonds is 8. The molecule has 2 heterocycles. The number of anilines is 1. The number of carbonyl (C=O) groups is 1. The molecular weight excluding hydrogens is 442 g/mol. The maximum atomic E-state index is 12.6. The van der Waals surface area contributed by atoms with Crippen molar-refractivity contribution in [1.82, 2.24) is 14.8 Å². The number of aromatic nitrogens is 3. The van der Waals surface area contributed by atoms with Crippen LogP contribution in [0.4, 0.5) is 5.00 Å². The second-order valence-electron chi connectivity index (χ2n) is 7.52. The van der Waals surface area contributed by atoms with E-state index in [1.165, 1.54) is 28.0 Å². The number of fused-ring (bicyclic) bond motifs is 1. The normalized spacial score (nSPS) is 13.8. The third-order valence-corrected chi connectivity index (χ3v) is 7.52. The molecule has 0 saturated carbocycles. The van der Waals surface area contributed by atoms with E-state index in [2.05, 4.69) is 21.6 Å². The Morgan fingerprint density at radius 1 is 1.31 bits per heavy atom. The average molecular weight is 468 g/mol. The van der Waals surface area contributed by atoms with Crippen LogP contribution in [-0.2, 0) is 24.2 Å². The van der Waals surface area contributed by atoms with Crippen LogP contribution in [0.25, 0.3) is 0 Å². The molecule has 1 amide bonds. The second-order valence-corrected chi connectivity index (χ2v) is 9.57. The fourth-order valence-corrected chi connectivity index (χ4v) is 5.89. The third kappa shape index (κ3) is 4.81. The highest BCUT2D eigenvalue weighted by molar-refractivity contribution is 7.99. The van der Waals surface area contributed by atoms with Gasteiger partial charge in [0.15, 0.2) is 17.1 Å². The fourth-order valence-electron chi connectivity index (χ4n) is 3.83. The molecule has 0 fully saturated rings. The summed E-state index contributed by atoms with van der Waals surface area (Å²) in [6.45, 7) is 4.62. The summed E-state index contributed by atoms with van der Waals surface area (Å²) in [5.41, 5.74) is 1.75. The Bertz CT molecular complexity index is 1130. The summed E-state index contributed by atoms with van der Waals surface area (Å²) >= 11 is 2.87. The minimum Gasteiger partial charge on any atom is -0.483 e. The van der Waals surface area contributed by atoms with Gasteiger partial charge in [-0.3, -0.25) is 4.79 Å². The van der Waals surface area contributed by atoms with Gasteiger partial charge in [-0.25, -0.2) is 0 Å².